The molecule has 0 unspecified atom stereocenters. The fourth-order valence-electron chi connectivity index (χ4n) is 4.23. The number of nitrogens with one attached hydrogen (secondary N) is 1. The highest BCUT2D eigenvalue weighted by Crippen LogP contribution is 2.35. The Morgan fingerprint density at radius 1 is 1.00 bits per heavy atom. The highest BCUT2D eigenvalue weighted by molar-refractivity contribution is 6.06. The summed E-state index contributed by atoms with van der Waals surface area (Å²) in [6, 6.07) is 6.86. The van der Waals surface area contributed by atoms with Crippen LogP contribution in [-0.4, -0.2) is 66.3 Å². The summed E-state index contributed by atoms with van der Waals surface area (Å²) in [4.78, 5) is 53.3. The molecular weight excluding hydrogens is 386 g/mol. The first-order valence-electron chi connectivity index (χ1n) is 10.3. The minimum absolute atomic E-state index is 0.00950. The number of carbonyl (C=O) groups excluding carboxylic acids is 4. The molecule has 4 amide bonds. The van der Waals surface area contributed by atoms with Crippen LogP contribution in [0.3, 0.4) is 0 Å². The zero-order chi connectivity index (χ0) is 21.1. The van der Waals surface area contributed by atoms with E-state index < -0.39 is 0 Å². The second kappa shape index (κ2) is 8.79. The van der Waals surface area contributed by atoms with Crippen LogP contribution >= 0.6 is 0 Å². The van der Waals surface area contributed by atoms with Gasteiger partial charge in [-0.25, -0.2) is 0 Å². The van der Waals surface area contributed by atoms with E-state index in [0.717, 1.165) is 0 Å². The predicted molar refractivity (Wildman–Crippen MR) is 108 cm³/mol. The van der Waals surface area contributed by atoms with Crippen LogP contribution < -0.4 is 5.32 Å². The molecule has 2 fully saturated rings. The van der Waals surface area contributed by atoms with Crippen LogP contribution in [0.25, 0.3) is 0 Å². The van der Waals surface area contributed by atoms with Gasteiger partial charge in [-0.3, -0.25) is 24.1 Å². The number of likely N-dealkylation sites (tertiary alicyclic amines) is 1. The summed E-state index contributed by atoms with van der Waals surface area (Å²) < 4.78 is 5.29. The van der Waals surface area contributed by atoms with E-state index in [9.17, 15) is 19.2 Å². The van der Waals surface area contributed by atoms with E-state index in [0.29, 0.717) is 50.4 Å². The summed E-state index contributed by atoms with van der Waals surface area (Å²) in [5.41, 5.74) is 0.842. The van der Waals surface area contributed by atoms with E-state index in [1.807, 2.05) is 12.2 Å². The standard InChI is InChI=1S/C22H25N3O5/c26-19(9-10-25-21(28)15-5-1-2-6-16(15)22(25)29)23-18-8-4-3-7-17(18)20(27)24-11-13-30-14-12-24/h1-4,7-8,15-16H,5-6,9-14H2,(H,23,26)/t15-,16+. The number of ether oxygens (including phenoxy) is 1. The highest BCUT2D eigenvalue weighted by Gasteiger charge is 2.46. The van der Waals surface area contributed by atoms with Crippen molar-refractivity contribution < 1.29 is 23.9 Å². The Bertz CT molecular complexity index is 865. The summed E-state index contributed by atoms with van der Waals surface area (Å²) in [5.74, 6) is -1.47. The van der Waals surface area contributed by atoms with Crippen molar-refractivity contribution in [3.63, 3.8) is 0 Å². The molecular formula is C22H25N3O5. The minimum Gasteiger partial charge on any atom is -0.378 e. The van der Waals surface area contributed by atoms with Crippen LogP contribution in [0.15, 0.2) is 36.4 Å². The van der Waals surface area contributed by atoms with Gasteiger partial charge in [-0.2, -0.15) is 0 Å². The molecule has 1 N–H and O–H groups in total. The number of fused-ring (bicyclic) bond motifs is 1. The van der Waals surface area contributed by atoms with Gasteiger partial charge in [-0.05, 0) is 25.0 Å². The Morgan fingerprint density at radius 3 is 2.30 bits per heavy atom. The Morgan fingerprint density at radius 2 is 1.63 bits per heavy atom. The Balaban J connectivity index is 1.37. The van der Waals surface area contributed by atoms with Crippen LogP contribution in [0.5, 0.6) is 0 Å². The quantitative estimate of drug-likeness (QED) is 0.584. The van der Waals surface area contributed by atoms with Crippen molar-refractivity contribution in [1.82, 2.24) is 9.80 Å². The SMILES string of the molecule is O=C(CCN1C(=O)[C@H]2CC=CC[C@H]2C1=O)Nc1ccccc1C(=O)N1CCOCC1. The number of imide groups is 1. The number of anilines is 1. The molecule has 1 aliphatic carbocycles. The van der Waals surface area contributed by atoms with Crippen LogP contribution in [-0.2, 0) is 19.1 Å². The number of allylic oxidation sites excluding steroid dienone is 2. The van der Waals surface area contributed by atoms with Gasteiger partial charge in [0.2, 0.25) is 17.7 Å². The predicted octanol–water partition coefficient (Wildman–Crippen LogP) is 1.44. The van der Waals surface area contributed by atoms with E-state index in [1.165, 1.54) is 4.90 Å². The average Bonchev–Trinajstić information content (AvgIpc) is 3.03. The van der Waals surface area contributed by atoms with E-state index in [2.05, 4.69) is 5.32 Å². The van der Waals surface area contributed by atoms with Gasteiger partial charge in [0.25, 0.3) is 5.91 Å². The molecule has 4 rings (SSSR count). The average molecular weight is 411 g/mol. The monoisotopic (exact) mass is 411 g/mol. The minimum atomic E-state index is -0.342. The summed E-state index contributed by atoms with van der Waals surface area (Å²) in [7, 11) is 0. The number of hydrogen-bond donors (Lipinski definition) is 1. The third-order valence-electron chi connectivity index (χ3n) is 5.89. The molecule has 30 heavy (non-hydrogen) atoms. The number of carbonyl (C=O) groups is 4. The van der Waals surface area contributed by atoms with E-state index in [4.69, 9.17) is 4.74 Å². The Labute approximate surface area is 174 Å². The molecule has 158 valence electrons. The van der Waals surface area contributed by atoms with Crippen molar-refractivity contribution in [2.24, 2.45) is 11.8 Å². The third kappa shape index (κ3) is 4.00. The Hall–Kier alpha value is -3.00. The third-order valence-corrected chi connectivity index (χ3v) is 5.89. The molecule has 1 aromatic carbocycles. The van der Waals surface area contributed by atoms with Gasteiger partial charge in [0.05, 0.1) is 36.3 Å². The molecule has 2 heterocycles. The van der Waals surface area contributed by atoms with E-state index in [-0.39, 0.29) is 48.4 Å². The summed E-state index contributed by atoms with van der Waals surface area (Å²) in [6.45, 7) is 2.07. The first kappa shape index (κ1) is 20.3. The lowest BCUT2D eigenvalue weighted by molar-refractivity contribution is -0.140. The van der Waals surface area contributed by atoms with E-state index >= 15 is 0 Å². The van der Waals surface area contributed by atoms with Crippen LogP contribution in [0.4, 0.5) is 5.69 Å². The lowest BCUT2D eigenvalue weighted by Crippen LogP contribution is -2.41. The molecule has 0 spiro atoms. The molecule has 3 aliphatic rings. The number of para-hydroxylation sites is 1. The maximum absolute atomic E-state index is 12.8. The first-order chi connectivity index (χ1) is 14.6. The molecule has 2 saturated heterocycles. The molecule has 1 aromatic rings. The first-order valence-corrected chi connectivity index (χ1v) is 10.3. The van der Waals surface area contributed by atoms with Gasteiger partial charge in [0.1, 0.15) is 0 Å². The zero-order valence-electron chi connectivity index (χ0n) is 16.7. The van der Waals surface area contributed by atoms with Crippen molar-refractivity contribution in [3.8, 4) is 0 Å². The normalized spacial score (nSPS) is 23.5. The van der Waals surface area contributed by atoms with Crippen molar-refractivity contribution in [1.29, 1.82) is 0 Å². The molecule has 0 bridgehead atoms. The fraction of sp³-hybridized carbons (Fsp3) is 0.455. The maximum atomic E-state index is 12.8. The second-order valence-corrected chi connectivity index (χ2v) is 7.73. The number of nitrogens with zero attached hydrogens (tertiary/aromatic N) is 2. The maximum Gasteiger partial charge on any atom is 0.256 e. The van der Waals surface area contributed by atoms with Gasteiger partial charge in [0, 0.05) is 26.1 Å². The molecule has 2 atom stereocenters. The topological polar surface area (TPSA) is 96.0 Å². The molecule has 0 aromatic heterocycles. The second-order valence-electron chi connectivity index (χ2n) is 7.73. The molecule has 0 radical (unpaired) electrons. The molecule has 8 nitrogen and oxygen atoms in total. The van der Waals surface area contributed by atoms with Crippen LogP contribution in [0.2, 0.25) is 0 Å². The Kier molecular flexibility index (Phi) is 5.94. The van der Waals surface area contributed by atoms with Gasteiger partial charge >= 0.3 is 0 Å². The van der Waals surface area contributed by atoms with Crippen LogP contribution in [0.1, 0.15) is 29.6 Å². The fourth-order valence-corrected chi connectivity index (χ4v) is 4.23. The van der Waals surface area contributed by atoms with Crippen molar-refractivity contribution in [3.05, 3.63) is 42.0 Å². The van der Waals surface area contributed by atoms with Crippen molar-refractivity contribution >= 4 is 29.3 Å². The van der Waals surface area contributed by atoms with Crippen molar-refractivity contribution in [2.75, 3.05) is 38.2 Å². The van der Waals surface area contributed by atoms with Crippen molar-refractivity contribution in [2.45, 2.75) is 19.3 Å². The van der Waals surface area contributed by atoms with Gasteiger partial charge in [-0.15, -0.1) is 0 Å². The van der Waals surface area contributed by atoms with Gasteiger partial charge in [0.15, 0.2) is 0 Å². The van der Waals surface area contributed by atoms with Gasteiger partial charge < -0.3 is 15.0 Å². The number of hydrogen-bond acceptors (Lipinski definition) is 5. The summed E-state index contributed by atoms with van der Waals surface area (Å²) in [5, 5.41) is 2.77. The number of rotatable bonds is 5. The lowest BCUT2D eigenvalue weighted by atomic mass is 9.85. The number of benzene rings is 1. The molecule has 8 heteroatoms. The zero-order valence-corrected chi connectivity index (χ0v) is 16.7. The highest BCUT2D eigenvalue weighted by atomic mass is 16.5. The van der Waals surface area contributed by atoms with Crippen LogP contribution in [0, 0.1) is 11.8 Å². The molecule has 2 aliphatic heterocycles. The summed E-state index contributed by atoms with van der Waals surface area (Å²) in [6.07, 6.45) is 5.02. The largest absolute Gasteiger partial charge is 0.378 e. The number of morpholine rings is 1. The smallest absolute Gasteiger partial charge is 0.256 e. The lowest BCUT2D eigenvalue weighted by Gasteiger charge is -2.27. The number of amides is 4. The van der Waals surface area contributed by atoms with E-state index in [1.54, 1.807) is 29.2 Å². The molecule has 0 saturated carbocycles. The summed E-state index contributed by atoms with van der Waals surface area (Å²) >= 11 is 0. The van der Waals surface area contributed by atoms with Gasteiger partial charge in [-0.1, -0.05) is 24.3 Å².